The number of pyridine rings is 1. The molecule has 5 heteroatoms. The number of nitrogens with two attached hydrogens (primary N) is 1. The van der Waals surface area contributed by atoms with Crippen LogP contribution in [0.1, 0.15) is 18.1 Å². The fraction of sp³-hybridized carbons (Fsp3) is 0.375. The highest BCUT2D eigenvalue weighted by Crippen LogP contribution is 2.25. The largest absolute Gasteiger partial charge is 0.388 e. The van der Waals surface area contributed by atoms with Gasteiger partial charge in [-0.2, -0.15) is 0 Å². The monoisotopic (exact) mass is 220 g/mol. The van der Waals surface area contributed by atoms with E-state index in [1.165, 1.54) is 12.3 Å². The fourth-order valence-corrected chi connectivity index (χ4v) is 1.47. The third kappa shape index (κ3) is 2.81. The molecule has 0 fully saturated rings. The van der Waals surface area contributed by atoms with Crippen LogP contribution < -0.4 is 5.73 Å². The second-order valence-electron chi connectivity index (χ2n) is 2.62. The number of hydrogen-bond donors (Lipinski definition) is 2. The Bertz CT molecular complexity index is 293. The van der Waals surface area contributed by atoms with Gasteiger partial charge >= 0.3 is 0 Å². The first-order valence-electron chi connectivity index (χ1n) is 3.84. The van der Waals surface area contributed by atoms with Crippen LogP contribution in [0.5, 0.6) is 0 Å². The van der Waals surface area contributed by atoms with Gasteiger partial charge in [-0.1, -0.05) is 23.2 Å². The maximum Gasteiger partial charge on any atom is 0.130 e. The smallest absolute Gasteiger partial charge is 0.130 e. The average molecular weight is 221 g/mol. The van der Waals surface area contributed by atoms with Crippen molar-refractivity contribution in [2.24, 2.45) is 5.73 Å². The van der Waals surface area contributed by atoms with Gasteiger partial charge in [-0.25, -0.2) is 4.98 Å². The van der Waals surface area contributed by atoms with E-state index in [1.807, 2.05) is 0 Å². The summed E-state index contributed by atoms with van der Waals surface area (Å²) in [4.78, 5) is 3.82. The summed E-state index contributed by atoms with van der Waals surface area (Å²) < 4.78 is 0. The van der Waals surface area contributed by atoms with Crippen molar-refractivity contribution < 1.29 is 5.11 Å². The molecule has 1 unspecified atom stereocenters. The summed E-state index contributed by atoms with van der Waals surface area (Å²) in [5.41, 5.74) is 5.86. The topological polar surface area (TPSA) is 59.1 Å². The molecule has 1 aromatic rings. The van der Waals surface area contributed by atoms with E-state index in [1.54, 1.807) is 0 Å². The van der Waals surface area contributed by atoms with Gasteiger partial charge in [0.05, 0.1) is 11.1 Å². The van der Waals surface area contributed by atoms with Gasteiger partial charge in [0.15, 0.2) is 0 Å². The Balaban J connectivity index is 2.88. The first kappa shape index (κ1) is 10.7. The molecule has 0 amide bonds. The summed E-state index contributed by atoms with van der Waals surface area (Å²) in [6.45, 7) is 0.403. The van der Waals surface area contributed by atoms with E-state index in [4.69, 9.17) is 28.9 Å². The highest BCUT2D eigenvalue weighted by atomic mass is 35.5. The number of hydrogen-bond acceptors (Lipinski definition) is 3. The molecule has 0 spiro atoms. The predicted octanol–water partition coefficient (Wildman–Crippen LogP) is 1.77. The summed E-state index contributed by atoms with van der Waals surface area (Å²) in [7, 11) is 0. The van der Waals surface area contributed by atoms with E-state index in [2.05, 4.69) is 4.98 Å². The Labute approximate surface area is 86.5 Å². The molecule has 0 saturated carbocycles. The van der Waals surface area contributed by atoms with Crippen molar-refractivity contribution in [1.82, 2.24) is 4.98 Å². The molecule has 0 saturated heterocycles. The third-order valence-electron chi connectivity index (χ3n) is 1.65. The molecule has 1 aromatic heterocycles. The Kier molecular flexibility index (Phi) is 3.93. The molecule has 1 atom stereocenters. The molecule has 0 aliphatic heterocycles. The van der Waals surface area contributed by atoms with E-state index < -0.39 is 6.10 Å². The molecule has 3 nitrogen and oxygen atoms in total. The lowest BCUT2D eigenvalue weighted by Crippen LogP contribution is -2.07. The Hall–Kier alpha value is -0.350. The van der Waals surface area contributed by atoms with E-state index in [9.17, 15) is 5.11 Å². The van der Waals surface area contributed by atoms with Crippen LogP contribution in [0.2, 0.25) is 10.2 Å². The molecule has 0 bridgehead atoms. The number of nitrogens with zero attached hydrogens (tertiary/aromatic N) is 1. The van der Waals surface area contributed by atoms with Crippen LogP contribution in [-0.2, 0) is 0 Å². The van der Waals surface area contributed by atoms with Gasteiger partial charge in [0.2, 0.25) is 0 Å². The average Bonchev–Trinajstić information content (AvgIpc) is 2.04. The first-order chi connectivity index (χ1) is 6.15. The van der Waals surface area contributed by atoms with Crippen LogP contribution >= 0.6 is 23.2 Å². The lowest BCUT2D eigenvalue weighted by Gasteiger charge is -2.10. The van der Waals surface area contributed by atoms with E-state index in [-0.39, 0.29) is 0 Å². The number of aliphatic hydroxyl groups is 1. The zero-order chi connectivity index (χ0) is 9.84. The molecular formula is C8H10Cl2N2O. The Morgan fingerprint density at radius 1 is 1.54 bits per heavy atom. The molecule has 1 heterocycles. The van der Waals surface area contributed by atoms with E-state index in [0.29, 0.717) is 28.7 Å². The maximum absolute atomic E-state index is 9.54. The van der Waals surface area contributed by atoms with Crippen molar-refractivity contribution in [3.8, 4) is 0 Å². The SMILES string of the molecule is NCCC(O)c1cnc(Cl)cc1Cl. The minimum atomic E-state index is -0.665. The number of rotatable bonds is 3. The molecule has 0 aliphatic carbocycles. The normalized spacial score (nSPS) is 12.9. The van der Waals surface area contributed by atoms with Gasteiger partial charge in [0, 0.05) is 11.8 Å². The van der Waals surface area contributed by atoms with Crippen LogP contribution in [0.4, 0.5) is 0 Å². The lowest BCUT2D eigenvalue weighted by molar-refractivity contribution is 0.170. The van der Waals surface area contributed by atoms with Crippen molar-refractivity contribution in [1.29, 1.82) is 0 Å². The zero-order valence-electron chi connectivity index (χ0n) is 6.87. The van der Waals surface area contributed by atoms with Gasteiger partial charge in [-0.05, 0) is 19.0 Å². The zero-order valence-corrected chi connectivity index (χ0v) is 8.39. The quantitative estimate of drug-likeness (QED) is 0.764. The van der Waals surface area contributed by atoms with Crippen LogP contribution in [-0.4, -0.2) is 16.6 Å². The van der Waals surface area contributed by atoms with E-state index in [0.717, 1.165) is 0 Å². The van der Waals surface area contributed by atoms with Crippen molar-refractivity contribution in [2.75, 3.05) is 6.54 Å². The summed E-state index contributed by atoms with van der Waals surface area (Å²) in [6.07, 6.45) is 1.26. The molecular weight excluding hydrogens is 211 g/mol. The van der Waals surface area contributed by atoms with Gasteiger partial charge in [-0.3, -0.25) is 0 Å². The van der Waals surface area contributed by atoms with Gasteiger partial charge in [-0.15, -0.1) is 0 Å². The minimum absolute atomic E-state index is 0.314. The van der Waals surface area contributed by atoms with Crippen LogP contribution in [0, 0.1) is 0 Å². The predicted molar refractivity (Wildman–Crippen MR) is 52.9 cm³/mol. The van der Waals surface area contributed by atoms with Crippen molar-refractivity contribution in [2.45, 2.75) is 12.5 Å². The molecule has 0 aliphatic rings. The van der Waals surface area contributed by atoms with Crippen molar-refractivity contribution in [3.63, 3.8) is 0 Å². The summed E-state index contributed by atoms with van der Waals surface area (Å²) in [5.74, 6) is 0. The molecule has 13 heavy (non-hydrogen) atoms. The van der Waals surface area contributed by atoms with E-state index >= 15 is 0 Å². The molecule has 0 aromatic carbocycles. The summed E-state index contributed by atoms with van der Waals surface area (Å²) >= 11 is 11.4. The molecule has 3 N–H and O–H groups in total. The fourth-order valence-electron chi connectivity index (χ4n) is 0.977. The van der Waals surface area contributed by atoms with Crippen LogP contribution in [0.25, 0.3) is 0 Å². The number of halogens is 2. The highest BCUT2D eigenvalue weighted by Gasteiger charge is 2.11. The highest BCUT2D eigenvalue weighted by molar-refractivity contribution is 6.34. The number of aliphatic hydroxyl groups excluding tert-OH is 1. The summed E-state index contributed by atoms with van der Waals surface area (Å²) in [5, 5.41) is 10.3. The second kappa shape index (κ2) is 4.77. The maximum atomic E-state index is 9.54. The molecule has 0 radical (unpaired) electrons. The van der Waals surface area contributed by atoms with Crippen LogP contribution in [0.3, 0.4) is 0 Å². The molecule has 72 valence electrons. The second-order valence-corrected chi connectivity index (χ2v) is 3.42. The number of aromatic nitrogens is 1. The molecule has 1 rings (SSSR count). The van der Waals surface area contributed by atoms with Crippen LogP contribution in [0.15, 0.2) is 12.3 Å². The van der Waals surface area contributed by atoms with Crippen molar-refractivity contribution >= 4 is 23.2 Å². The van der Waals surface area contributed by atoms with Gasteiger partial charge < -0.3 is 10.8 Å². The Morgan fingerprint density at radius 2 is 2.23 bits per heavy atom. The van der Waals surface area contributed by atoms with Gasteiger partial charge in [0.1, 0.15) is 5.15 Å². The van der Waals surface area contributed by atoms with Gasteiger partial charge in [0.25, 0.3) is 0 Å². The lowest BCUT2D eigenvalue weighted by atomic mass is 10.1. The minimum Gasteiger partial charge on any atom is -0.388 e. The third-order valence-corrected chi connectivity index (χ3v) is 2.18. The van der Waals surface area contributed by atoms with Crippen molar-refractivity contribution in [3.05, 3.63) is 28.0 Å². The Morgan fingerprint density at radius 3 is 2.77 bits per heavy atom. The standard InChI is InChI=1S/C8H10Cl2N2O/c9-6-3-8(10)12-4-5(6)7(13)1-2-11/h3-4,7,13H,1-2,11H2. The summed E-state index contributed by atoms with van der Waals surface area (Å²) in [6, 6.07) is 1.50. The first-order valence-corrected chi connectivity index (χ1v) is 4.60.